The van der Waals surface area contributed by atoms with Crippen LogP contribution in [0.3, 0.4) is 0 Å². The molecule has 1 aliphatic rings. The number of hydrogen-bond acceptors (Lipinski definition) is 3. The standard InChI is InChI=1S/C12H14INO2S/c1-15-9-4-2-5-10(8-9)16-12(17)14-7-3-6-11(14)13/h2,4-5,8,11H,3,6-7H2,1H3. The highest BCUT2D eigenvalue weighted by molar-refractivity contribution is 14.1. The van der Waals surface area contributed by atoms with Crippen LogP contribution >= 0.6 is 34.8 Å². The van der Waals surface area contributed by atoms with E-state index in [1.165, 1.54) is 12.8 Å². The van der Waals surface area contributed by atoms with Crippen LogP contribution < -0.4 is 9.47 Å². The zero-order valence-electron chi connectivity index (χ0n) is 9.56. The molecular formula is C12H14INO2S. The Balaban J connectivity index is 2.02. The van der Waals surface area contributed by atoms with Gasteiger partial charge in [-0.25, -0.2) is 0 Å². The van der Waals surface area contributed by atoms with Crippen molar-refractivity contribution in [3.05, 3.63) is 24.3 Å². The number of nitrogens with zero attached hydrogens (tertiary/aromatic N) is 1. The summed E-state index contributed by atoms with van der Waals surface area (Å²) in [5.41, 5.74) is 0. The third-order valence-electron chi connectivity index (χ3n) is 2.66. The van der Waals surface area contributed by atoms with E-state index >= 15 is 0 Å². The molecule has 1 aliphatic heterocycles. The first-order chi connectivity index (χ1) is 8.20. The first-order valence-electron chi connectivity index (χ1n) is 5.47. The number of thiocarbonyl (C=S) groups is 1. The van der Waals surface area contributed by atoms with Crippen LogP contribution in [0.5, 0.6) is 11.5 Å². The summed E-state index contributed by atoms with van der Waals surface area (Å²) >= 11 is 7.71. The number of rotatable bonds is 2. The van der Waals surface area contributed by atoms with Gasteiger partial charge < -0.3 is 14.4 Å². The minimum atomic E-state index is 0.450. The number of likely N-dealkylation sites (tertiary alicyclic amines) is 1. The van der Waals surface area contributed by atoms with Crippen LogP contribution in [0.4, 0.5) is 0 Å². The molecule has 3 nitrogen and oxygen atoms in total. The van der Waals surface area contributed by atoms with Crippen molar-refractivity contribution in [2.24, 2.45) is 0 Å². The molecule has 0 spiro atoms. The van der Waals surface area contributed by atoms with Gasteiger partial charge in [-0.05, 0) is 37.2 Å². The molecule has 1 fully saturated rings. The van der Waals surface area contributed by atoms with Gasteiger partial charge >= 0.3 is 0 Å². The predicted molar refractivity (Wildman–Crippen MR) is 80.0 cm³/mol. The Hall–Kier alpha value is -0.560. The Morgan fingerprint density at radius 1 is 1.47 bits per heavy atom. The van der Waals surface area contributed by atoms with E-state index in [9.17, 15) is 0 Å². The van der Waals surface area contributed by atoms with Gasteiger partial charge in [0.1, 0.15) is 11.5 Å². The lowest BCUT2D eigenvalue weighted by Gasteiger charge is -2.22. The molecule has 1 aromatic carbocycles. The molecular weight excluding hydrogens is 349 g/mol. The van der Waals surface area contributed by atoms with Crippen molar-refractivity contribution < 1.29 is 9.47 Å². The Kier molecular flexibility index (Phi) is 4.44. The maximum Gasteiger partial charge on any atom is 0.265 e. The van der Waals surface area contributed by atoms with Gasteiger partial charge in [0, 0.05) is 12.6 Å². The zero-order valence-corrected chi connectivity index (χ0v) is 12.5. The van der Waals surface area contributed by atoms with E-state index in [-0.39, 0.29) is 0 Å². The highest BCUT2D eigenvalue weighted by Crippen LogP contribution is 2.25. The third-order valence-corrected chi connectivity index (χ3v) is 4.27. The van der Waals surface area contributed by atoms with E-state index in [1.807, 2.05) is 24.3 Å². The van der Waals surface area contributed by atoms with Gasteiger partial charge in [-0.3, -0.25) is 0 Å². The maximum atomic E-state index is 5.68. The highest BCUT2D eigenvalue weighted by atomic mass is 127. The van der Waals surface area contributed by atoms with Crippen molar-refractivity contribution in [1.29, 1.82) is 0 Å². The molecule has 0 radical (unpaired) electrons. The molecule has 1 aromatic rings. The number of hydrogen-bond donors (Lipinski definition) is 0. The van der Waals surface area contributed by atoms with Crippen molar-refractivity contribution >= 4 is 40.0 Å². The summed E-state index contributed by atoms with van der Waals surface area (Å²) in [5, 5.41) is 0.551. The van der Waals surface area contributed by atoms with E-state index in [0.717, 1.165) is 18.0 Å². The molecule has 0 bridgehead atoms. The maximum absolute atomic E-state index is 5.68. The van der Waals surface area contributed by atoms with E-state index in [0.29, 0.717) is 9.22 Å². The van der Waals surface area contributed by atoms with Crippen molar-refractivity contribution in [2.45, 2.75) is 16.9 Å². The molecule has 0 aromatic heterocycles. The fourth-order valence-corrected chi connectivity index (χ4v) is 3.23. The SMILES string of the molecule is COc1cccc(OC(=S)N2CCCC2I)c1. The lowest BCUT2D eigenvalue weighted by molar-refractivity contribution is 0.390. The molecule has 92 valence electrons. The van der Waals surface area contributed by atoms with Gasteiger partial charge in [0.25, 0.3) is 5.17 Å². The summed E-state index contributed by atoms with van der Waals surface area (Å²) in [5.74, 6) is 1.50. The van der Waals surface area contributed by atoms with Gasteiger partial charge in [0.15, 0.2) is 0 Å². The monoisotopic (exact) mass is 363 g/mol. The van der Waals surface area contributed by atoms with Crippen LogP contribution in [0.1, 0.15) is 12.8 Å². The highest BCUT2D eigenvalue weighted by Gasteiger charge is 2.25. The Morgan fingerprint density at radius 2 is 2.24 bits per heavy atom. The van der Waals surface area contributed by atoms with E-state index in [1.54, 1.807) is 7.11 Å². The molecule has 1 unspecified atom stereocenters. The van der Waals surface area contributed by atoms with Gasteiger partial charge in [0.05, 0.1) is 11.2 Å². The minimum Gasteiger partial charge on any atom is -0.497 e. The summed E-state index contributed by atoms with van der Waals surface area (Å²) in [4.78, 5) is 2.12. The van der Waals surface area contributed by atoms with Crippen LogP contribution in [0.2, 0.25) is 0 Å². The second-order valence-corrected chi connectivity index (χ2v) is 5.60. The van der Waals surface area contributed by atoms with Crippen molar-refractivity contribution in [1.82, 2.24) is 4.90 Å². The predicted octanol–water partition coefficient (Wildman–Crippen LogP) is 3.22. The molecule has 5 heteroatoms. The summed E-state index contributed by atoms with van der Waals surface area (Å²) < 4.78 is 11.3. The minimum absolute atomic E-state index is 0.450. The second kappa shape index (κ2) is 5.86. The average molecular weight is 363 g/mol. The smallest absolute Gasteiger partial charge is 0.265 e. The van der Waals surface area contributed by atoms with Crippen molar-refractivity contribution in [2.75, 3.05) is 13.7 Å². The summed E-state index contributed by atoms with van der Waals surface area (Å²) in [6.45, 7) is 0.983. The molecule has 0 amide bonds. The van der Waals surface area contributed by atoms with Crippen molar-refractivity contribution in [3.8, 4) is 11.5 Å². The molecule has 17 heavy (non-hydrogen) atoms. The number of methoxy groups -OCH3 is 1. The van der Waals surface area contributed by atoms with E-state index in [2.05, 4.69) is 27.5 Å². The lowest BCUT2D eigenvalue weighted by Crippen LogP contribution is -2.34. The summed E-state index contributed by atoms with van der Waals surface area (Å²) in [6.07, 6.45) is 2.34. The topological polar surface area (TPSA) is 21.7 Å². The number of alkyl halides is 1. The van der Waals surface area contributed by atoms with Crippen LogP contribution in [0.25, 0.3) is 0 Å². The summed E-state index contributed by atoms with van der Waals surface area (Å²) in [7, 11) is 1.64. The van der Waals surface area contributed by atoms with Crippen LogP contribution in [0.15, 0.2) is 24.3 Å². The summed E-state index contributed by atoms with van der Waals surface area (Å²) in [6, 6.07) is 7.49. The molecule has 0 saturated carbocycles. The third kappa shape index (κ3) is 3.22. The Morgan fingerprint density at radius 3 is 2.88 bits per heavy atom. The van der Waals surface area contributed by atoms with E-state index in [4.69, 9.17) is 21.7 Å². The molecule has 2 rings (SSSR count). The molecule has 1 heterocycles. The molecule has 0 aliphatic carbocycles. The Labute approximate surface area is 120 Å². The fraction of sp³-hybridized carbons (Fsp3) is 0.417. The number of ether oxygens (including phenoxy) is 2. The van der Waals surface area contributed by atoms with Gasteiger partial charge in [-0.15, -0.1) is 0 Å². The van der Waals surface area contributed by atoms with Crippen molar-refractivity contribution in [3.63, 3.8) is 0 Å². The number of benzene rings is 1. The normalized spacial score (nSPS) is 19.2. The van der Waals surface area contributed by atoms with Crippen LogP contribution in [-0.4, -0.2) is 27.8 Å². The van der Waals surface area contributed by atoms with Gasteiger partial charge in [-0.1, -0.05) is 28.7 Å². The van der Waals surface area contributed by atoms with E-state index < -0.39 is 0 Å². The Bertz CT molecular complexity index is 413. The quantitative estimate of drug-likeness (QED) is 0.348. The van der Waals surface area contributed by atoms with Gasteiger partial charge in [0.2, 0.25) is 0 Å². The fourth-order valence-electron chi connectivity index (χ4n) is 1.76. The molecule has 1 saturated heterocycles. The van der Waals surface area contributed by atoms with Crippen LogP contribution in [0, 0.1) is 0 Å². The molecule has 0 N–H and O–H groups in total. The molecule has 1 atom stereocenters. The number of halogens is 1. The lowest BCUT2D eigenvalue weighted by atomic mass is 10.3. The van der Waals surface area contributed by atoms with Crippen LogP contribution in [-0.2, 0) is 0 Å². The van der Waals surface area contributed by atoms with Gasteiger partial charge in [-0.2, -0.15) is 0 Å². The first-order valence-corrected chi connectivity index (χ1v) is 7.12. The largest absolute Gasteiger partial charge is 0.497 e. The first kappa shape index (κ1) is 12.9. The average Bonchev–Trinajstić information content (AvgIpc) is 2.76. The zero-order chi connectivity index (χ0) is 12.3. The second-order valence-electron chi connectivity index (χ2n) is 3.82.